The van der Waals surface area contributed by atoms with E-state index in [-0.39, 0.29) is 24.2 Å². The summed E-state index contributed by atoms with van der Waals surface area (Å²) in [5, 5.41) is 23.0. The van der Waals surface area contributed by atoms with Crippen molar-refractivity contribution in [2.45, 2.75) is 12.9 Å². The number of guanidine groups is 2. The van der Waals surface area contributed by atoms with Crippen LogP contribution in [0, 0.1) is 10.8 Å². The smallest absolute Gasteiger partial charge is 0.467 e. The van der Waals surface area contributed by atoms with Gasteiger partial charge in [-0.3, -0.25) is 16.1 Å². The average Bonchev–Trinajstić information content (AvgIpc) is 2.99. The standard InChI is InChI=1S/C14H14F3N5O2/c15-14(16,17)24-10-5-3-9(4-6-10)21-13(19)22-12(18)20-8-11-2-1-7-23-11/h1-7H,8H2,(H5,18,19,20,21,22). The number of ether oxygens (including phenoxy) is 1. The van der Waals surface area contributed by atoms with E-state index in [1.165, 1.54) is 18.4 Å². The molecule has 0 atom stereocenters. The van der Waals surface area contributed by atoms with Gasteiger partial charge in [-0.2, -0.15) is 0 Å². The van der Waals surface area contributed by atoms with Crippen molar-refractivity contribution in [2.75, 3.05) is 5.32 Å². The largest absolute Gasteiger partial charge is 0.573 e. The van der Waals surface area contributed by atoms with Crippen molar-refractivity contribution in [3.8, 4) is 5.75 Å². The fraction of sp³-hybridized carbons (Fsp3) is 0.143. The lowest BCUT2D eigenvalue weighted by Crippen LogP contribution is -2.42. The van der Waals surface area contributed by atoms with E-state index in [9.17, 15) is 13.2 Å². The maximum absolute atomic E-state index is 12.1. The van der Waals surface area contributed by atoms with Crippen LogP contribution in [0.2, 0.25) is 0 Å². The normalized spacial score (nSPS) is 10.8. The summed E-state index contributed by atoms with van der Waals surface area (Å²) in [5.41, 5.74) is 0.362. The Hall–Kier alpha value is -3.17. The van der Waals surface area contributed by atoms with Gasteiger partial charge in [-0.25, -0.2) is 0 Å². The third-order valence-electron chi connectivity index (χ3n) is 2.63. The second-order valence-electron chi connectivity index (χ2n) is 4.51. The first kappa shape index (κ1) is 17.2. The van der Waals surface area contributed by atoms with Crippen LogP contribution in [0.3, 0.4) is 0 Å². The predicted molar refractivity (Wildman–Crippen MR) is 80.9 cm³/mol. The number of hydrogen-bond donors (Lipinski definition) is 5. The van der Waals surface area contributed by atoms with Gasteiger partial charge in [0.05, 0.1) is 12.8 Å². The summed E-state index contributed by atoms with van der Waals surface area (Å²) in [7, 11) is 0. The highest BCUT2D eigenvalue weighted by Gasteiger charge is 2.30. The van der Waals surface area contributed by atoms with Crippen LogP contribution >= 0.6 is 0 Å². The maximum Gasteiger partial charge on any atom is 0.573 e. The molecular formula is C14H14F3N5O2. The molecule has 7 nitrogen and oxygen atoms in total. The molecule has 0 aliphatic heterocycles. The zero-order valence-corrected chi connectivity index (χ0v) is 12.2. The van der Waals surface area contributed by atoms with Crippen LogP contribution in [0.1, 0.15) is 5.76 Å². The van der Waals surface area contributed by atoms with Crippen molar-refractivity contribution < 1.29 is 22.3 Å². The van der Waals surface area contributed by atoms with E-state index >= 15 is 0 Å². The number of rotatable bonds is 4. The summed E-state index contributed by atoms with van der Waals surface area (Å²) in [6, 6.07) is 8.31. The van der Waals surface area contributed by atoms with E-state index in [1.54, 1.807) is 12.1 Å². The van der Waals surface area contributed by atoms with E-state index in [1.807, 2.05) is 0 Å². The molecule has 24 heavy (non-hydrogen) atoms. The zero-order chi connectivity index (χ0) is 17.6. The predicted octanol–water partition coefficient (Wildman–Crippen LogP) is 2.84. The van der Waals surface area contributed by atoms with Gasteiger partial charge in [0.2, 0.25) is 0 Å². The number of furan rings is 1. The van der Waals surface area contributed by atoms with Crippen molar-refractivity contribution in [2.24, 2.45) is 0 Å². The molecule has 0 saturated heterocycles. The summed E-state index contributed by atoms with van der Waals surface area (Å²) in [5.74, 6) is -0.0981. The molecule has 2 aromatic rings. The average molecular weight is 341 g/mol. The van der Waals surface area contributed by atoms with Gasteiger partial charge in [0.15, 0.2) is 11.9 Å². The van der Waals surface area contributed by atoms with Gasteiger partial charge < -0.3 is 19.8 Å². The molecule has 0 radical (unpaired) electrons. The topological polar surface area (TPSA) is 106 Å². The molecule has 1 aromatic carbocycles. The number of alkyl halides is 3. The molecule has 128 valence electrons. The SMILES string of the molecule is N=C(NCc1ccco1)NC(=N)Nc1ccc(OC(F)(F)F)cc1. The van der Waals surface area contributed by atoms with Crippen LogP contribution < -0.4 is 20.7 Å². The van der Waals surface area contributed by atoms with Gasteiger partial charge in [-0.15, -0.1) is 13.2 Å². The minimum absolute atomic E-state index is 0.138. The molecule has 0 fully saturated rings. The highest BCUT2D eigenvalue weighted by atomic mass is 19.4. The van der Waals surface area contributed by atoms with Gasteiger partial charge >= 0.3 is 6.36 Å². The highest BCUT2D eigenvalue weighted by molar-refractivity contribution is 6.02. The summed E-state index contributed by atoms with van der Waals surface area (Å²) in [6.45, 7) is 0.273. The zero-order valence-electron chi connectivity index (χ0n) is 12.2. The molecule has 1 heterocycles. The summed E-state index contributed by atoms with van der Waals surface area (Å²) < 4.78 is 45.0. The van der Waals surface area contributed by atoms with Crippen LogP contribution in [-0.2, 0) is 6.54 Å². The Balaban J connectivity index is 1.78. The lowest BCUT2D eigenvalue weighted by molar-refractivity contribution is -0.274. The van der Waals surface area contributed by atoms with Crippen molar-refractivity contribution in [3.05, 3.63) is 48.4 Å². The van der Waals surface area contributed by atoms with Gasteiger partial charge in [0.1, 0.15) is 11.5 Å². The Bertz CT molecular complexity index is 683. The lowest BCUT2D eigenvalue weighted by atomic mass is 10.3. The number of hydrogen-bond acceptors (Lipinski definition) is 4. The molecule has 0 aliphatic rings. The Kier molecular flexibility index (Phi) is 5.30. The van der Waals surface area contributed by atoms with Crippen molar-refractivity contribution >= 4 is 17.6 Å². The number of nitrogens with one attached hydrogen (secondary N) is 5. The van der Waals surface area contributed by atoms with E-state index in [0.717, 1.165) is 12.1 Å². The van der Waals surface area contributed by atoms with Crippen molar-refractivity contribution in [3.63, 3.8) is 0 Å². The molecule has 0 saturated carbocycles. The van der Waals surface area contributed by atoms with Crippen LogP contribution in [0.4, 0.5) is 18.9 Å². The minimum Gasteiger partial charge on any atom is -0.467 e. The van der Waals surface area contributed by atoms with Gasteiger partial charge in [-0.1, -0.05) is 0 Å². The van der Waals surface area contributed by atoms with Gasteiger partial charge in [-0.05, 0) is 36.4 Å². The minimum atomic E-state index is -4.75. The molecule has 0 bridgehead atoms. The van der Waals surface area contributed by atoms with Crippen LogP contribution in [0.5, 0.6) is 5.75 Å². The third-order valence-corrected chi connectivity index (χ3v) is 2.63. The Morgan fingerprint density at radius 2 is 1.79 bits per heavy atom. The van der Waals surface area contributed by atoms with E-state index in [0.29, 0.717) is 11.4 Å². The van der Waals surface area contributed by atoms with E-state index in [4.69, 9.17) is 15.2 Å². The molecule has 0 amide bonds. The number of anilines is 1. The third kappa shape index (κ3) is 5.91. The fourth-order valence-electron chi connectivity index (χ4n) is 1.67. The van der Waals surface area contributed by atoms with Crippen LogP contribution in [0.25, 0.3) is 0 Å². The molecule has 0 unspecified atom stereocenters. The Labute approximate surface area is 134 Å². The molecule has 2 rings (SSSR count). The van der Waals surface area contributed by atoms with Crippen LogP contribution in [0.15, 0.2) is 47.1 Å². The monoisotopic (exact) mass is 341 g/mol. The first-order valence-corrected chi connectivity index (χ1v) is 6.65. The van der Waals surface area contributed by atoms with Crippen molar-refractivity contribution in [1.29, 1.82) is 10.8 Å². The molecule has 5 N–H and O–H groups in total. The second kappa shape index (κ2) is 7.40. The Morgan fingerprint density at radius 1 is 1.08 bits per heavy atom. The second-order valence-corrected chi connectivity index (χ2v) is 4.51. The lowest BCUT2D eigenvalue weighted by Gasteiger charge is -2.13. The quantitative estimate of drug-likeness (QED) is 0.434. The van der Waals surface area contributed by atoms with E-state index < -0.39 is 6.36 Å². The summed E-state index contributed by atoms with van der Waals surface area (Å²) >= 11 is 0. The Morgan fingerprint density at radius 3 is 2.38 bits per heavy atom. The molecule has 1 aromatic heterocycles. The number of benzene rings is 1. The summed E-state index contributed by atoms with van der Waals surface area (Å²) in [6.07, 6.45) is -3.25. The fourth-order valence-corrected chi connectivity index (χ4v) is 1.67. The maximum atomic E-state index is 12.1. The molecule has 0 spiro atoms. The molecule has 10 heteroatoms. The first-order valence-electron chi connectivity index (χ1n) is 6.65. The summed E-state index contributed by atoms with van der Waals surface area (Å²) in [4.78, 5) is 0. The molecule has 0 aliphatic carbocycles. The number of halogens is 3. The van der Waals surface area contributed by atoms with Crippen LogP contribution in [-0.4, -0.2) is 18.3 Å². The van der Waals surface area contributed by atoms with Gasteiger partial charge in [0, 0.05) is 5.69 Å². The highest BCUT2D eigenvalue weighted by Crippen LogP contribution is 2.23. The van der Waals surface area contributed by atoms with Crippen molar-refractivity contribution in [1.82, 2.24) is 10.6 Å². The molecular weight excluding hydrogens is 327 g/mol. The van der Waals surface area contributed by atoms with Gasteiger partial charge in [0.25, 0.3) is 0 Å². The van der Waals surface area contributed by atoms with E-state index in [2.05, 4.69) is 20.7 Å². The first-order chi connectivity index (χ1) is 11.3.